The molecule has 0 aromatic heterocycles. The molecule has 0 unspecified atom stereocenters. The van der Waals surface area contributed by atoms with Crippen molar-refractivity contribution >= 4 is 16.7 Å². The maximum Gasteiger partial charge on any atom is 0.0719 e. The fourth-order valence-corrected chi connectivity index (χ4v) is 11.2. The van der Waals surface area contributed by atoms with Gasteiger partial charge in [0, 0.05) is 0 Å². The highest BCUT2D eigenvalue weighted by Gasteiger charge is 2.48. The maximum atomic E-state index is 4.21. The summed E-state index contributed by atoms with van der Waals surface area (Å²) in [7, 11) is 0. The van der Waals surface area contributed by atoms with Crippen LogP contribution < -0.4 is 0 Å². The summed E-state index contributed by atoms with van der Waals surface area (Å²) in [6.07, 6.45) is 3.02. The summed E-state index contributed by atoms with van der Waals surface area (Å²) in [5.74, 6) is 0. The molecule has 0 N–H and O–H groups in total. The highest BCUT2D eigenvalue weighted by molar-refractivity contribution is 5.89. The molecular formula is C71H56. The van der Waals surface area contributed by atoms with Crippen molar-refractivity contribution in [3.05, 3.63) is 318 Å². The summed E-state index contributed by atoms with van der Waals surface area (Å²) in [5.41, 5.74) is 28.8. The van der Waals surface area contributed by atoms with E-state index in [-0.39, 0.29) is 0 Å². The van der Waals surface area contributed by atoms with Crippen LogP contribution in [0.15, 0.2) is 262 Å². The third-order valence-electron chi connectivity index (χ3n) is 14.8. The third-order valence-corrected chi connectivity index (χ3v) is 14.8. The van der Waals surface area contributed by atoms with Crippen LogP contribution in [-0.2, 0) is 11.8 Å². The molecule has 71 heavy (non-hydrogen) atoms. The van der Waals surface area contributed by atoms with Crippen molar-refractivity contribution in [3.63, 3.8) is 0 Å². The average molecular weight is 909 g/mol. The number of fused-ring (bicyclic) bond motifs is 12. The molecule has 340 valence electrons. The van der Waals surface area contributed by atoms with Crippen LogP contribution >= 0.6 is 0 Å². The minimum absolute atomic E-state index is 0.410. The van der Waals surface area contributed by atoms with E-state index in [4.69, 9.17) is 0 Å². The zero-order valence-electron chi connectivity index (χ0n) is 40.8. The molecule has 10 aromatic carbocycles. The standard InChI is InChI=1S/C42H32.C29H24/c1-27(2)29-19-21-30(22-20-29)31-23-24-39-33(25-31)26-32-11-4-5-12-35(32)34-15-10-18-38(28(34)3)42(39)40-16-8-6-13-36(40)37-14-7-9-17-41(37)42;1-22(24-9-5-3-6-10-24)21-23(2)25-13-15-28(16-14-25)29-19-17-27(18-20-29)26-11-7-4-8-12-26/h4-25H,1,26H2,2-3H3;3-21H,1H2,2H3/b;23-21+. The lowest BCUT2D eigenvalue weighted by molar-refractivity contribution is 0.751. The van der Waals surface area contributed by atoms with Crippen molar-refractivity contribution in [3.8, 4) is 55.6 Å². The monoisotopic (exact) mass is 908 g/mol. The number of benzene rings is 10. The summed E-state index contributed by atoms with van der Waals surface area (Å²) in [5, 5.41) is 0. The molecule has 2 aliphatic carbocycles. The summed E-state index contributed by atoms with van der Waals surface area (Å²) >= 11 is 0. The van der Waals surface area contributed by atoms with E-state index in [0.717, 1.165) is 23.1 Å². The van der Waals surface area contributed by atoms with Crippen LogP contribution in [0.4, 0.5) is 0 Å². The Morgan fingerprint density at radius 2 is 0.817 bits per heavy atom. The Labute approximate surface area is 420 Å². The van der Waals surface area contributed by atoms with E-state index in [1.165, 1.54) is 111 Å². The van der Waals surface area contributed by atoms with Gasteiger partial charge in [-0.05, 0) is 150 Å². The van der Waals surface area contributed by atoms with E-state index >= 15 is 0 Å². The summed E-state index contributed by atoms with van der Waals surface area (Å²) in [6.45, 7) is 14.9. The second kappa shape index (κ2) is 19.1. The molecule has 0 aliphatic heterocycles. The Hall–Kier alpha value is -8.58. The zero-order valence-corrected chi connectivity index (χ0v) is 40.8. The Morgan fingerprint density at radius 3 is 1.42 bits per heavy atom. The van der Waals surface area contributed by atoms with Gasteiger partial charge in [0.05, 0.1) is 5.41 Å². The van der Waals surface area contributed by atoms with Gasteiger partial charge in [0.1, 0.15) is 0 Å². The van der Waals surface area contributed by atoms with Gasteiger partial charge in [-0.2, -0.15) is 0 Å². The van der Waals surface area contributed by atoms with Crippen molar-refractivity contribution in [1.29, 1.82) is 0 Å². The maximum absolute atomic E-state index is 4.21. The van der Waals surface area contributed by atoms with Gasteiger partial charge in [-0.3, -0.25) is 0 Å². The van der Waals surface area contributed by atoms with Crippen LogP contribution in [0.5, 0.6) is 0 Å². The minimum atomic E-state index is -0.410. The second-order valence-corrected chi connectivity index (χ2v) is 19.1. The van der Waals surface area contributed by atoms with E-state index in [9.17, 15) is 0 Å². The molecular weight excluding hydrogens is 853 g/mol. The van der Waals surface area contributed by atoms with Gasteiger partial charge >= 0.3 is 0 Å². The van der Waals surface area contributed by atoms with Gasteiger partial charge in [0.15, 0.2) is 0 Å². The predicted octanol–water partition coefficient (Wildman–Crippen LogP) is 18.8. The van der Waals surface area contributed by atoms with Gasteiger partial charge in [-0.15, -0.1) is 0 Å². The van der Waals surface area contributed by atoms with Crippen molar-refractivity contribution in [2.24, 2.45) is 0 Å². The quantitative estimate of drug-likeness (QED) is 0.140. The second-order valence-electron chi connectivity index (χ2n) is 19.1. The van der Waals surface area contributed by atoms with Crippen LogP contribution in [0, 0.1) is 6.92 Å². The molecule has 2 bridgehead atoms. The van der Waals surface area contributed by atoms with Gasteiger partial charge in [0.2, 0.25) is 0 Å². The molecule has 0 fully saturated rings. The first-order valence-corrected chi connectivity index (χ1v) is 24.7. The Balaban J connectivity index is 0.000000165. The first kappa shape index (κ1) is 44.9. The molecule has 2 aliphatic rings. The van der Waals surface area contributed by atoms with Crippen LogP contribution in [0.25, 0.3) is 72.4 Å². The van der Waals surface area contributed by atoms with E-state index < -0.39 is 5.41 Å². The Bertz CT molecular complexity index is 3580. The molecule has 0 heterocycles. The molecule has 0 atom stereocenters. The normalized spacial score (nSPS) is 12.7. The molecule has 12 rings (SSSR count). The number of hydrogen-bond acceptors (Lipinski definition) is 0. The van der Waals surface area contributed by atoms with E-state index in [1.54, 1.807) is 0 Å². The van der Waals surface area contributed by atoms with E-state index in [0.29, 0.717) is 0 Å². The lowest BCUT2D eigenvalue weighted by atomic mass is 9.64. The summed E-state index contributed by atoms with van der Waals surface area (Å²) in [4.78, 5) is 0. The smallest absolute Gasteiger partial charge is 0.0719 e. The van der Waals surface area contributed by atoms with Crippen molar-refractivity contribution < 1.29 is 0 Å². The molecule has 0 radical (unpaired) electrons. The van der Waals surface area contributed by atoms with Crippen LogP contribution in [0.2, 0.25) is 0 Å². The fraction of sp³-hybridized carbons (Fsp3) is 0.0704. The first-order chi connectivity index (χ1) is 34.8. The molecule has 0 heteroatoms. The fourth-order valence-electron chi connectivity index (χ4n) is 11.2. The third kappa shape index (κ3) is 8.32. The molecule has 0 saturated heterocycles. The Morgan fingerprint density at radius 1 is 0.366 bits per heavy atom. The van der Waals surface area contributed by atoms with Crippen LogP contribution in [-0.4, -0.2) is 0 Å². The van der Waals surface area contributed by atoms with Crippen molar-refractivity contribution in [2.45, 2.75) is 32.6 Å². The van der Waals surface area contributed by atoms with Gasteiger partial charge < -0.3 is 0 Å². The summed E-state index contributed by atoms with van der Waals surface area (Å²) in [6, 6.07) is 88.4. The Kier molecular flexibility index (Phi) is 12.1. The highest BCUT2D eigenvalue weighted by Crippen LogP contribution is 2.58. The molecule has 10 aromatic rings. The number of rotatable bonds is 7. The van der Waals surface area contributed by atoms with Crippen molar-refractivity contribution in [2.75, 3.05) is 0 Å². The molecule has 0 amide bonds. The van der Waals surface area contributed by atoms with Crippen LogP contribution in [0.1, 0.15) is 69.5 Å². The summed E-state index contributed by atoms with van der Waals surface area (Å²) < 4.78 is 0. The van der Waals surface area contributed by atoms with E-state index in [1.807, 2.05) is 24.3 Å². The predicted molar refractivity (Wildman–Crippen MR) is 303 cm³/mol. The van der Waals surface area contributed by atoms with Gasteiger partial charge in [0.25, 0.3) is 0 Å². The first-order valence-electron chi connectivity index (χ1n) is 24.7. The van der Waals surface area contributed by atoms with Crippen LogP contribution in [0.3, 0.4) is 0 Å². The molecule has 1 spiro atoms. The lowest BCUT2D eigenvalue weighted by Gasteiger charge is -2.37. The average Bonchev–Trinajstić information content (AvgIpc) is 3.72. The van der Waals surface area contributed by atoms with Gasteiger partial charge in [-0.1, -0.05) is 267 Å². The molecule has 0 nitrogen and oxygen atoms in total. The van der Waals surface area contributed by atoms with Crippen molar-refractivity contribution in [1.82, 2.24) is 0 Å². The largest absolute Gasteiger partial charge is 0.0955 e. The van der Waals surface area contributed by atoms with E-state index in [2.05, 4.69) is 258 Å². The van der Waals surface area contributed by atoms with Gasteiger partial charge in [-0.25, -0.2) is 0 Å². The lowest BCUT2D eigenvalue weighted by Crippen LogP contribution is -2.31. The topological polar surface area (TPSA) is 0 Å². The number of allylic oxidation sites excluding steroid dienone is 4. The SMILES string of the molecule is C=C(/C=C(\C)c1ccc(-c2ccc(-c3ccccc3)cc2)cc1)c1ccccc1.C=C(C)c1ccc(-c2ccc3c(c2)Cc2ccccc2-c2cccc(c2C)C32c3ccccc3-c3ccccc32)cc1. The highest BCUT2D eigenvalue weighted by atomic mass is 14.5. The molecule has 0 saturated carbocycles. The minimum Gasteiger partial charge on any atom is -0.0955 e. The zero-order chi connectivity index (χ0) is 48.5. The number of hydrogen-bond donors (Lipinski definition) is 0.